The first kappa shape index (κ1) is 13.3. The molecule has 1 N–H and O–H groups in total. The Balaban J connectivity index is 2.06. The summed E-state index contributed by atoms with van der Waals surface area (Å²) in [6.45, 7) is 3.44. The molecule has 1 fully saturated rings. The molecule has 2 aliphatic rings. The molecule has 0 radical (unpaired) electrons. The number of nitriles is 1. The monoisotopic (exact) mass is 289 g/mol. The highest BCUT2D eigenvalue weighted by Crippen LogP contribution is 2.39. The number of nitrogens with one attached hydrogen (secondary N) is 1. The Hall–Kier alpha value is -1.71. The zero-order valence-electron chi connectivity index (χ0n) is 11.2. The van der Waals surface area contributed by atoms with E-state index in [1.54, 1.807) is 0 Å². The van der Waals surface area contributed by atoms with Crippen LogP contribution in [0.15, 0.2) is 0 Å². The number of hydrogen-bond acceptors (Lipinski definition) is 5. The van der Waals surface area contributed by atoms with Crippen molar-refractivity contribution in [3.63, 3.8) is 0 Å². The minimum Gasteiger partial charge on any atom is -0.312 e. The van der Waals surface area contributed by atoms with Crippen LogP contribution in [0.5, 0.6) is 0 Å². The predicted molar refractivity (Wildman–Crippen MR) is 75.3 cm³/mol. The fourth-order valence-corrected chi connectivity index (χ4v) is 4.11. The average molecular weight is 289 g/mol. The molecule has 0 unspecified atom stereocenters. The molecular formula is C14H15N3O2S. The van der Waals surface area contributed by atoms with Gasteiger partial charge in [-0.05, 0) is 24.4 Å². The van der Waals surface area contributed by atoms with E-state index in [4.69, 9.17) is 0 Å². The molecule has 104 valence electrons. The molecule has 2 aliphatic heterocycles. The molecule has 20 heavy (non-hydrogen) atoms. The Morgan fingerprint density at radius 1 is 1.35 bits per heavy atom. The largest absolute Gasteiger partial charge is 0.312 e. The molecule has 0 atom stereocenters. The second-order valence-corrected chi connectivity index (χ2v) is 6.44. The van der Waals surface area contributed by atoms with Crippen LogP contribution in [-0.2, 0) is 22.6 Å². The summed E-state index contributed by atoms with van der Waals surface area (Å²) in [6.07, 6.45) is 1.52. The molecule has 0 aliphatic carbocycles. The molecule has 6 heteroatoms. The minimum atomic E-state index is -0.184. The lowest BCUT2D eigenvalue weighted by Crippen LogP contribution is -2.42. The molecule has 3 heterocycles. The smallest absolute Gasteiger partial charge is 0.234 e. The first-order chi connectivity index (χ1) is 9.61. The third kappa shape index (κ3) is 2.03. The Kier molecular flexibility index (Phi) is 3.32. The van der Waals surface area contributed by atoms with Crippen molar-refractivity contribution in [1.82, 2.24) is 5.32 Å². The van der Waals surface area contributed by atoms with Crippen molar-refractivity contribution in [3.05, 3.63) is 16.0 Å². The van der Waals surface area contributed by atoms with Gasteiger partial charge in [0.25, 0.3) is 0 Å². The van der Waals surface area contributed by atoms with Gasteiger partial charge in [0.15, 0.2) is 0 Å². The summed E-state index contributed by atoms with van der Waals surface area (Å²) in [5, 5.41) is 13.2. The Bertz CT molecular complexity index is 611. The number of fused-ring (bicyclic) bond motifs is 1. The van der Waals surface area contributed by atoms with Crippen LogP contribution in [0.4, 0.5) is 5.00 Å². The highest BCUT2D eigenvalue weighted by Gasteiger charge is 2.35. The van der Waals surface area contributed by atoms with E-state index in [1.165, 1.54) is 16.2 Å². The zero-order chi connectivity index (χ0) is 14.3. The van der Waals surface area contributed by atoms with Crippen molar-refractivity contribution >= 4 is 28.2 Å². The van der Waals surface area contributed by atoms with Crippen molar-refractivity contribution in [2.45, 2.75) is 32.7 Å². The zero-order valence-corrected chi connectivity index (χ0v) is 12.0. The summed E-state index contributed by atoms with van der Waals surface area (Å²) < 4.78 is 0. The van der Waals surface area contributed by atoms with Crippen LogP contribution in [0.3, 0.4) is 0 Å². The van der Waals surface area contributed by atoms with Crippen molar-refractivity contribution in [2.24, 2.45) is 5.92 Å². The van der Waals surface area contributed by atoms with Crippen LogP contribution in [0.25, 0.3) is 0 Å². The third-order valence-electron chi connectivity index (χ3n) is 3.77. The first-order valence-electron chi connectivity index (χ1n) is 6.73. The maximum atomic E-state index is 12.2. The van der Waals surface area contributed by atoms with Crippen molar-refractivity contribution < 1.29 is 9.59 Å². The van der Waals surface area contributed by atoms with Gasteiger partial charge in [-0.3, -0.25) is 9.59 Å². The van der Waals surface area contributed by atoms with Gasteiger partial charge in [0, 0.05) is 24.3 Å². The van der Waals surface area contributed by atoms with Crippen LogP contribution < -0.4 is 10.2 Å². The molecule has 3 rings (SSSR count). The van der Waals surface area contributed by atoms with Gasteiger partial charge in [-0.25, -0.2) is 4.90 Å². The number of rotatable bonds is 1. The molecular weight excluding hydrogens is 274 g/mol. The van der Waals surface area contributed by atoms with Gasteiger partial charge in [-0.1, -0.05) is 6.92 Å². The van der Waals surface area contributed by atoms with Crippen LogP contribution in [0.2, 0.25) is 0 Å². The van der Waals surface area contributed by atoms with Gasteiger partial charge in [0.2, 0.25) is 11.8 Å². The number of thiophene rings is 1. The summed E-state index contributed by atoms with van der Waals surface area (Å²) in [4.78, 5) is 26.7. The summed E-state index contributed by atoms with van der Waals surface area (Å²) >= 11 is 1.40. The number of carbonyl (C=O) groups is 2. The molecule has 0 spiro atoms. The second kappa shape index (κ2) is 5.00. The quantitative estimate of drug-likeness (QED) is 0.796. The van der Waals surface area contributed by atoms with Gasteiger partial charge >= 0.3 is 0 Å². The van der Waals surface area contributed by atoms with E-state index in [0.717, 1.165) is 23.4 Å². The summed E-state index contributed by atoms with van der Waals surface area (Å²) in [6, 6.07) is 2.19. The highest BCUT2D eigenvalue weighted by atomic mass is 32.1. The van der Waals surface area contributed by atoms with Gasteiger partial charge < -0.3 is 5.32 Å². The first-order valence-corrected chi connectivity index (χ1v) is 7.54. The molecule has 0 saturated carbocycles. The molecule has 2 amide bonds. The number of nitrogens with zero attached hydrogens (tertiary/aromatic N) is 2. The Morgan fingerprint density at radius 2 is 2.05 bits per heavy atom. The number of anilines is 1. The van der Waals surface area contributed by atoms with Crippen LogP contribution in [-0.4, -0.2) is 18.4 Å². The second-order valence-electron chi connectivity index (χ2n) is 5.36. The van der Waals surface area contributed by atoms with Crippen LogP contribution in [0, 0.1) is 17.2 Å². The van der Waals surface area contributed by atoms with E-state index < -0.39 is 0 Å². The molecule has 1 saturated heterocycles. The summed E-state index contributed by atoms with van der Waals surface area (Å²) in [5.74, 6) is -0.276. The number of piperidine rings is 1. The summed E-state index contributed by atoms with van der Waals surface area (Å²) in [5.41, 5.74) is 1.52. The fourth-order valence-electron chi connectivity index (χ4n) is 2.81. The van der Waals surface area contributed by atoms with Crippen LogP contribution in [0.1, 0.15) is 35.8 Å². The van der Waals surface area contributed by atoms with Crippen LogP contribution >= 0.6 is 11.3 Å². The van der Waals surface area contributed by atoms with E-state index in [0.29, 0.717) is 30.0 Å². The van der Waals surface area contributed by atoms with Gasteiger partial charge in [-0.15, -0.1) is 11.3 Å². The molecule has 5 nitrogen and oxygen atoms in total. The standard InChI is InChI=1S/C14H15N3O2S/c1-8-4-12(18)17(13(19)5-8)14-10(6-15)9-2-3-16-7-11(9)20-14/h8,16H,2-5,7H2,1H3. The number of imide groups is 1. The highest BCUT2D eigenvalue weighted by molar-refractivity contribution is 7.17. The lowest BCUT2D eigenvalue weighted by Gasteiger charge is -2.27. The number of hydrogen-bond donors (Lipinski definition) is 1. The number of amides is 2. The molecule has 1 aromatic rings. The lowest BCUT2D eigenvalue weighted by atomic mass is 9.97. The van der Waals surface area contributed by atoms with E-state index in [2.05, 4.69) is 11.4 Å². The molecule has 1 aromatic heterocycles. The normalized spacial score (nSPS) is 19.9. The Morgan fingerprint density at radius 3 is 2.70 bits per heavy atom. The summed E-state index contributed by atoms with van der Waals surface area (Å²) in [7, 11) is 0. The maximum Gasteiger partial charge on any atom is 0.234 e. The predicted octanol–water partition coefficient (Wildman–Crippen LogP) is 1.55. The van der Waals surface area contributed by atoms with Gasteiger partial charge in [-0.2, -0.15) is 5.26 Å². The fraction of sp³-hybridized carbons (Fsp3) is 0.500. The van der Waals surface area contributed by atoms with E-state index in [9.17, 15) is 14.9 Å². The molecule has 0 aromatic carbocycles. The van der Waals surface area contributed by atoms with Gasteiger partial charge in [0.1, 0.15) is 11.1 Å². The third-order valence-corrected chi connectivity index (χ3v) is 4.99. The Labute approximate surface area is 121 Å². The molecule has 0 bridgehead atoms. The maximum absolute atomic E-state index is 12.2. The number of carbonyl (C=O) groups excluding carboxylic acids is 2. The lowest BCUT2D eigenvalue weighted by molar-refractivity contribution is -0.130. The van der Waals surface area contributed by atoms with Crippen molar-refractivity contribution in [1.29, 1.82) is 5.26 Å². The van der Waals surface area contributed by atoms with Crippen molar-refractivity contribution in [3.8, 4) is 6.07 Å². The minimum absolute atomic E-state index is 0.0908. The topological polar surface area (TPSA) is 73.2 Å². The van der Waals surface area contributed by atoms with Gasteiger partial charge in [0.05, 0.1) is 5.56 Å². The van der Waals surface area contributed by atoms with Crippen molar-refractivity contribution in [2.75, 3.05) is 11.4 Å². The van der Waals surface area contributed by atoms with E-state index in [-0.39, 0.29) is 17.7 Å². The SMILES string of the molecule is CC1CC(=O)N(c2sc3c(c2C#N)CCNC3)C(=O)C1. The van der Waals surface area contributed by atoms with E-state index >= 15 is 0 Å². The average Bonchev–Trinajstić information content (AvgIpc) is 2.75. The van der Waals surface area contributed by atoms with E-state index in [1.807, 2.05) is 6.92 Å².